The Morgan fingerprint density at radius 1 is 1.39 bits per heavy atom. The van der Waals surface area contributed by atoms with Gasteiger partial charge in [0.1, 0.15) is 11.6 Å². The fourth-order valence-electron chi connectivity index (χ4n) is 2.12. The molecule has 0 bridgehead atoms. The zero-order valence-corrected chi connectivity index (χ0v) is 10.7. The van der Waals surface area contributed by atoms with Crippen molar-refractivity contribution < 1.29 is 22.0 Å². The van der Waals surface area contributed by atoms with Crippen LogP contribution >= 0.6 is 10.7 Å². The topological polar surface area (TPSA) is 54.5 Å². The van der Waals surface area contributed by atoms with Crippen molar-refractivity contribution in [3.8, 4) is 0 Å². The first-order valence-corrected chi connectivity index (χ1v) is 7.16. The molecule has 18 heavy (non-hydrogen) atoms. The maximum atomic E-state index is 13.6. The predicted molar refractivity (Wildman–Crippen MR) is 59.9 cm³/mol. The van der Waals surface area contributed by atoms with Crippen LogP contribution in [0.4, 0.5) is 8.78 Å². The molecule has 4 nitrogen and oxygen atoms in total. The van der Waals surface area contributed by atoms with Gasteiger partial charge in [-0.05, 0) is 13.0 Å². The number of benzene rings is 1. The Bertz CT molecular complexity index is 634. The molecule has 8 heteroatoms. The van der Waals surface area contributed by atoms with E-state index in [0.29, 0.717) is 10.4 Å². The molecule has 1 aromatic rings. The molecule has 1 fully saturated rings. The summed E-state index contributed by atoms with van der Waals surface area (Å²) < 4.78 is 49.4. The summed E-state index contributed by atoms with van der Waals surface area (Å²) in [6, 6.07) is 2.72. The van der Waals surface area contributed by atoms with Gasteiger partial charge in [-0.3, -0.25) is 4.79 Å². The molecule has 1 amide bonds. The van der Waals surface area contributed by atoms with Crippen molar-refractivity contribution in [3.05, 3.63) is 35.4 Å². The second-order valence-corrected chi connectivity index (χ2v) is 6.53. The average Bonchev–Trinajstić information content (AvgIpc) is 2.12. The van der Waals surface area contributed by atoms with E-state index in [1.54, 1.807) is 0 Å². The highest BCUT2D eigenvalue weighted by Gasteiger charge is 2.55. The summed E-state index contributed by atoms with van der Waals surface area (Å²) in [5, 5.41) is 0. The van der Waals surface area contributed by atoms with Crippen molar-refractivity contribution in [1.29, 1.82) is 0 Å². The third-order valence-corrected chi connectivity index (χ3v) is 4.36. The third-order valence-electron chi connectivity index (χ3n) is 2.90. The van der Waals surface area contributed by atoms with Crippen LogP contribution in [0.25, 0.3) is 0 Å². The molecule has 0 aliphatic carbocycles. The first-order valence-electron chi connectivity index (χ1n) is 4.89. The zero-order valence-electron chi connectivity index (χ0n) is 9.15. The molecule has 1 aliphatic rings. The van der Waals surface area contributed by atoms with Gasteiger partial charge in [0, 0.05) is 22.3 Å². The summed E-state index contributed by atoms with van der Waals surface area (Å²) >= 11 is 0. The maximum Gasteiger partial charge on any atom is 0.324 e. The Morgan fingerprint density at radius 2 is 2.00 bits per heavy atom. The summed E-state index contributed by atoms with van der Waals surface area (Å²) in [6.07, 6.45) is -0.207. The summed E-state index contributed by atoms with van der Waals surface area (Å²) in [5.41, 5.74) is -1.50. The highest BCUT2D eigenvalue weighted by Crippen LogP contribution is 2.45. The first-order chi connectivity index (χ1) is 8.16. The lowest BCUT2D eigenvalue weighted by Gasteiger charge is -2.47. The third kappa shape index (κ3) is 1.87. The Labute approximate surface area is 107 Å². The average molecular weight is 296 g/mol. The van der Waals surface area contributed by atoms with Gasteiger partial charge >= 0.3 is 9.24 Å². The van der Waals surface area contributed by atoms with E-state index in [1.807, 2.05) is 0 Å². The van der Waals surface area contributed by atoms with E-state index >= 15 is 0 Å². The minimum absolute atomic E-state index is 0.0901. The summed E-state index contributed by atoms with van der Waals surface area (Å²) in [5.74, 6) is -2.43. The van der Waals surface area contributed by atoms with Crippen molar-refractivity contribution in [2.75, 3.05) is 0 Å². The predicted octanol–water partition coefficient (Wildman–Crippen LogP) is 1.90. The number of rotatable bonds is 2. The lowest BCUT2D eigenvalue weighted by Crippen LogP contribution is -2.60. The molecule has 0 saturated carbocycles. The molecule has 1 saturated heterocycles. The normalized spacial score (nSPS) is 24.0. The van der Waals surface area contributed by atoms with E-state index in [4.69, 9.17) is 10.7 Å². The fraction of sp³-hybridized carbons (Fsp3) is 0.300. The Morgan fingerprint density at radius 3 is 2.44 bits per heavy atom. The quantitative estimate of drug-likeness (QED) is 0.618. The first kappa shape index (κ1) is 13.2. The van der Waals surface area contributed by atoms with Crippen molar-refractivity contribution in [1.82, 2.24) is 4.31 Å². The minimum atomic E-state index is -4.30. The smallest absolute Gasteiger partial charge is 0.274 e. The molecule has 1 atom stereocenters. The van der Waals surface area contributed by atoms with Crippen molar-refractivity contribution in [2.45, 2.75) is 18.9 Å². The van der Waals surface area contributed by atoms with Gasteiger partial charge in [-0.1, -0.05) is 6.07 Å². The number of hydrogen-bond donors (Lipinski definition) is 0. The van der Waals surface area contributed by atoms with Crippen LogP contribution in [0, 0.1) is 11.6 Å². The lowest BCUT2D eigenvalue weighted by molar-refractivity contribution is -0.144. The van der Waals surface area contributed by atoms with Crippen LogP contribution < -0.4 is 0 Å². The lowest BCUT2D eigenvalue weighted by atomic mass is 9.82. The van der Waals surface area contributed by atoms with Crippen LogP contribution in [0.1, 0.15) is 18.9 Å². The minimum Gasteiger partial charge on any atom is -0.274 e. The molecule has 1 aromatic carbocycles. The summed E-state index contributed by atoms with van der Waals surface area (Å²) in [6.45, 7) is 1.35. The van der Waals surface area contributed by atoms with Crippen LogP contribution in [0.5, 0.6) is 0 Å². The van der Waals surface area contributed by atoms with E-state index in [9.17, 15) is 22.0 Å². The van der Waals surface area contributed by atoms with Crippen molar-refractivity contribution in [2.24, 2.45) is 0 Å². The van der Waals surface area contributed by atoms with Crippen LogP contribution in [0.3, 0.4) is 0 Å². The molecule has 1 aliphatic heterocycles. The van der Waals surface area contributed by atoms with Crippen LogP contribution in [0.2, 0.25) is 0 Å². The standard InChI is InChI=1S/C10H8ClF2NO3S/c1-10(5-9(15)14(10)18(11,16)17)7-3-2-6(12)4-8(7)13/h2-4H,5H2,1H3. The molecule has 1 heterocycles. The van der Waals surface area contributed by atoms with Crippen molar-refractivity contribution >= 4 is 25.8 Å². The number of amides is 1. The SMILES string of the molecule is CC1(c2ccc(F)cc2F)CC(=O)N1S(=O)(=O)Cl. The number of halogens is 3. The molecular formula is C10H8ClF2NO3S. The number of carbonyl (C=O) groups is 1. The van der Waals surface area contributed by atoms with Gasteiger partial charge in [0.25, 0.3) is 0 Å². The number of β-lactam (4-membered cyclic amide) rings is 1. The van der Waals surface area contributed by atoms with E-state index in [1.165, 1.54) is 6.92 Å². The van der Waals surface area contributed by atoms with Gasteiger partial charge < -0.3 is 0 Å². The van der Waals surface area contributed by atoms with E-state index in [2.05, 4.69) is 0 Å². The molecule has 1 unspecified atom stereocenters. The molecule has 2 rings (SSSR count). The van der Waals surface area contributed by atoms with Crippen LogP contribution in [0.15, 0.2) is 18.2 Å². The summed E-state index contributed by atoms with van der Waals surface area (Å²) in [4.78, 5) is 11.3. The molecule has 0 spiro atoms. The second-order valence-electron chi connectivity index (χ2n) is 4.18. The van der Waals surface area contributed by atoms with Crippen LogP contribution in [-0.2, 0) is 19.6 Å². The molecule has 0 N–H and O–H groups in total. The van der Waals surface area contributed by atoms with Gasteiger partial charge in [-0.2, -0.15) is 8.42 Å². The molecule has 98 valence electrons. The Hall–Kier alpha value is -1.21. The van der Waals surface area contributed by atoms with Gasteiger partial charge in [-0.25, -0.2) is 13.1 Å². The molecular weight excluding hydrogens is 288 g/mol. The van der Waals surface area contributed by atoms with Gasteiger partial charge in [0.2, 0.25) is 5.91 Å². The summed E-state index contributed by atoms with van der Waals surface area (Å²) in [7, 11) is 0.826. The van der Waals surface area contributed by atoms with E-state index in [-0.39, 0.29) is 12.0 Å². The van der Waals surface area contributed by atoms with Crippen molar-refractivity contribution in [3.63, 3.8) is 0 Å². The van der Waals surface area contributed by atoms with Gasteiger partial charge in [0.05, 0.1) is 12.0 Å². The Balaban J connectivity index is 2.53. The fourth-order valence-corrected chi connectivity index (χ4v) is 3.76. The van der Waals surface area contributed by atoms with Crippen LogP contribution in [-0.4, -0.2) is 18.6 Å². The zero-order chi connectivity index (χ0) is 13.7. The highest BCUT2D eigenvalue weighted by atomic mass is 35.7. The molecule has 0 radical (unpaired) electrons. The van der Waals surface area contributed by atoms with Gasteiger partial charge in [-0.15, -0.1) is 0 Å². The molecule has 0 aromatic heterocycles. The number of nitrogens with zero attached hydrogens (tertiary/aromatic N) is 1. The Kier molecular flexibility index (Phi) is 2.86. The maximum absolute atomic E-state index is 13.6. The number of carbonyl (C=O) groups excluding carboxylic acids is 1. The number of hydrogen-bond acceptors (Lipinski definition) is 3. The monoisotopic (exact) mass is 295 g/mol. The second kappa shape index (κ2) is 3.89. The van der Waals surface area contributed by atoms with E-state index < -0.39 is 32.3 Å². The largest absolute Gasteiger partial charge is 0.324 e. The van der Waals surface area contributed by atoms with E-state index in [0.717, 1.165) is 12.1 Å². The van der Waals surface area contributed by atoms with Gasteiger partial charge in [0.15, 0.2) is 0 Å². The highest BCUT2D eigenvalue weighted by molar-refractivity contribution is 8.12.